The largest absolute Gasteiger partial charge is 0.352 e. The molecule has 1 aromatic rings. The number of hydrogen-bond acceptors (Lipinski definition) is 2. The number of carbonyl (C=O) groups is 1. The Bertz CT molecular complexity index is 366. The number of nitrogens with one attached hydrogen (secondary N) is 1. The van der Waals surface area contributed by atoms with Crippen molar-refractivity contribution in [1.29, 1.82) is 0 Å². The third-order valence-electron chi connectivity index (χ3n) is 2.46. The molecule has 0 spiro atoms. The predicted octanol–water partition coefficient (Wildman–Crippen LogP) is 3.40. The Morgan fingerprint density at radius 1 is 1.41 bits per heavy atom. The van der Waals surface area contributed by atoms with E-state index in [1.165, 1.54) is 6.42 Å². The monoisotopic (exact) mass is 298 g/mol. The minimum absolute atomic E-state index is 0.0525. The van der Waals surface area contributed by atoms with E-state index in [0.29, 0.717) is 5.56 Å². The summed E-state index contributed by atoms with van der Waals surface area (Å²) in [6.07, 6.45) is 6.65. The smallest absolute Gasteiger partial charge is 0.252 e. The van der Waals surface area contributed by atoms with Gasteiger partial charge in [-0.05, 0) is 34.3 Å². The van der Waals surface area contributed by atoms with Crippen LogP contribution in [0.3, 0.4) is 0 Å². The second-order valence-electron chi connectivity index (χ2n) is 4.54. The first-order valence-corrected chi connectivity index (χ1v) is 6.77. The minimum atomic E-state index is -0.0525. The highest BCUT2D eigenvalue weighted by atomic mass is 79.9. The first-order valence-electron chi connectivity index (χ1n) is 5.98. The molecule has 0 radical (unpaired) electrons. The highest BCUT2D eigenvalue weighted by Crippen LogP contribution is 2.09. The third kappa shape index (κ3) is 5.82. The van der Waals surface area contributed by atoms with Crippen LogP contribution in [0.1, 0.15) is 43.5 Å². The van der Waals surface area contributed by atoms with Gasteiger partial charge in [-0.15, -0.1) is 0 Å². The molecule has 1 N–H and O–H groups in total. The molecule has 0 aliphatic rings. The van der Waals surface area contributed by atoms with E-state index in [1.807, 2.05) is 0 Å². The molecule has 0 unspecified atom stereocenters. The first kappa shape index (κ1) is 14.2. The molecule has 0 saturated heterocycles. The zero-order valence-corrected chi connectivity index (χ0v) is 12.0. The van der Waals surface area contributed by atoms with Gasteiger partial charge in [0.05, 0.1) is 5.56 Å². The van der Waals surface area contributed by atoms with Gasteiger partial charge in [0.2, 0.25) is 0 Å². The summed E-state index contributed by atoms with van der Waals surface area (Å²) in [7, 11) is 0. The Morgan fingerprint density at radius 2 is 2.18 bits per heavy atom. The first-order chi connectivity index (χ1) is 8.09. The average molecular weight is 299 g/mol. The number of nitrogens with zero attached hydrogens (tertiary/aromatic N) is 1. The molecule has 1 heterocycles. The lowest BCUT2D eigenvalue weighted by Crippen LogP contribution is -2.24. The van der Waals surface area contributed by atoms with E-state index < -0.39 is 0 Å². The molecular weight excluding hydrogens is 280 g/mol. The molecule has 0 aliphatic carbocycles. The van der Waals surface area contributed by atoms with Gasteiger partial charge in [0, 0.05) is 23.4 Å². The van der Waals surface area contributed by atoms with Crippen LogP contribution in [0, 0.1) is 5.92 Å². The summed E-state index contributed by atoms with van der Waals surface area (Å²) in [6, 6.07) is 1.77. The van der Waals surface area contributed by atoms with Gasteiger partial charge < -0.3 is 5.32 Å². The molecule has 94 valence electrons. The predicted molar refractivity (Wildman–Crippen MR) is 73.0 cm³/mol. The van der Waals surface area contributed by atoms with Crippen LogP contribution in [-0.4, -0.2) is 17.4 Å². The summed E-state index contributed by atoms with van der Waals surface area (Å²) in [5.74, 6) is 0.684. The number of carbonyl (C=O) groups excluding carboxylic acids is 1. The quantitative estimate of drug-likeness (QED) is 0.818. The second kappa shape index (κ2) is 7.43. The number of halogens is 1. The Hall–Kier alpha value is -0.900. The molecule has 1 rings (SSSR count). The van der Waals surface area contributed by atoms with Crippen molar-refractivity contribution in [2.75, 3.05) is 6.54 Å². The number of unbranched alkanes of at least 4 members (excludes halogenated alkanes) is 1. The van der Waals surface area contributed by atoms with Gasteiger partial charge in [0.25, 0.3) is 5.91 Å². The van der Waals surface area contributed by atoms with E-state index in [0.717, 1.165) is 29.8 Å². The van der Waals surface area contributed by atoms with Crippen molar-refractivity contribution >= 4 is 21.8 Å². The minimum Gasteiger partial charge on any atom is -0.352 e. The van der Waals surface area contributed by atoms with Crippen LogP contribution in [0.4, 0.5) is 0 Å². The van der Waals surface area contributed by atoms with Gasteiger partial charge in [0.1, 0.15) is 0 Å². The fourth-order valence-electron chi connectivity index (χ4n) is 1.52. The Balaban J connectivity index is 2.26. The number of hydrogen-bond donors (Lipinski definition) is 1. The van der Waals surface area contributed by atoms with E-state index in [4.69, 9.17) is 0 Å². The zero-order valence-electron chi connectivity index (χ0n) is 10.4. The molecule has 0 saturated carbocycles. The molecule has 0 bridgehead atoms. The fourth-order valence-corrected chi connectivity index (χ4v) is 1.88. The summed E-state index contributed by atoms with van der Waals surface area (Å²) in [5, 5.41) is 2.90. The molecular formula is C13H19BrN2O. The molecule has 0 atom stereocenters. The van der Waals surface area contributed by atoms with Crippen LogP contribution in [0.5, 0.6) is 0 Å². The van der Waals surface area contributed by atoms with E-state index in [2.05, 4.69) is 40.1 Å². The van der Waals surface area contributed by atoms with Gasteiger partial charge in [0.15, 0.2) is 0 Å². The highest BCUT2D eigenvalue weighted by Gasteiger charge is 2.05. The van der Waals surface area contributed by atoms with Crippen LogP contribution in [0.15, 0.2) is 22.9 Å². The molecule has 1 amide bonds. The molecule has 4 heteroatoms. The zero-order chi connectivity index (χ0) is 12.7. The van der Waals surface area contributed by atoms with Crippen LogP contribution in [0.25, 0.3) is 0 Å². The van der Waals surface area contributed by atoms with E-state index in [9.17, 15) is 4.79 Å². The molecule has 0 aliphatic heterocycles. The van der Waals surface area contributed by atoms with E-state index in [1.54, 1.807) is 18.5 Å². The summed E-state index contributed by atoms with van der Waals surface area (Å²) >= 11 is 3.30. The molecule has 17 heavy (non-hydrogen) atoms. The van der Waals surface area contributed by atoms with Crippen LogP contribution in [0.2, 0.25) is 0 Å². The second-order valence-corrected chi connectivity index (χ2v) is 5.45. The van der Waals surface area contributed by atoms with Crippen LogP contribution < -0.4 is 5.32 Å². The SMILES string of the molecule is CC(C)CCCCNC(=O)c1cncc(Br)c1. The number of rotatable bonds is 6. The number of amides is 1. The van der Waals surface area contributed by atoms with E-state index >= 15 is 0 Å². The Labute approximate surface area is 111 Å². The summed E-state index contributed by atoms with van der Waals surface area (Å²) in [4.78, 5) is 15.7. The Kier molecular flexibility index (Phi) is 6.19. The summed E-state index contributed by atoms with van der Waals surface area (Å²) in [5.41, 5.74) is 0.600. The van der Waals surface area contributed by atoms with Crippen LogP contribution >= 0.6 is 15.9 Å². The van der Waals surface area contributed by atoms with Gasteiger partial charge in [-0.25, -0.2) is 0 Å². The van der Waals surface area contributed by atoms with Crippen molar-refractivity contribution in [2.45, 2.75) is 33.1 Å². The maximum atomic E-state index is 11.7. The van der Waals surface area contributed by atoms with Gasteiger partial charge in [-0.2, -0.15) is 0 Å². The van der Waals surface area contributed by atoms with Gasteiger partial charge in [-0.1, -0.05) is 26.7 Å². The lowest BCUT2D eigenvalue weighted by Gasteiger charge is -2.06. The molecule has 0 aromatic carbocycles. The number of aromatic nitrogens is 1. The van der Waals surface area contributed by atoms with E-state index in [-0.39, 0.29) is 5.91 Å². The fraction of sp³-hybridized carbons (Fsp3) is 0.538. The lowest BCUT2D eigenvalue weighted by molar-refractivity contribution is 0.0952. The summed E-state index contributed by atoms with van der Waals surface area (Å²) in [6.45, 7) is 5.16. The van der Waals surface area contributed by atoms with Crippen molar-refractivity contribution in [1.82, 2.24) is 10.3 Å². The molecule has 3 nitrogen and oxygen atoms in total. The maximum Gasteiger partial charge on any atom is 0.252 e. The van der Waals surface area contributed by atoms with Gasteiger partial charge >= 0.3 is 0 Å². The van der Waals surface area contributed by atoms with Crippen molar-refractivity contribution in [3.05, 3.63) is 28.5 Å². The van der Waals surface area contributed by atoms with Crippen molar-refractivity contribution in [2.24, 2.45) is 5.92 Å². The third-order valence-corrected chi connectivity index (χ3v) is 2.89. The Morgan fingerprint density at radius 3 is 2.82 bits per heavy atom. The van der Waals surface area contributed by atoms with Gasteiger partial charge in [-0.3, -0.25) is 9.78 Å². The van der Waals surface area contributed by atoms with Crippen molar-refractivity contribution in [3.8, 4) is 0 Å². The van der Waals surface area contributed by atoms with Crippen LogP contribution in [-0.2, 0) is 0 Å². The summed E-state index contributed by atoms with van der Waals surface area (Å²) < 4.78 is 0.824. The topological polar surface area (TPSA) is 42.0 Å². The molecule has 0 fully saturated rings. The molecule has 1 aromatic heterocycles. The maximum absolute atomic E-state index is 11.7. The van der Waals surface area contributed by atoms with Crippen molar-refractivity contribution in [3.63, 3.8) is 0 Å². The standard InChI is InChI=1S/C13H19BrN2O/c1-10(2)5-3-4-6-16-13(17)11-7-12(14)9-15-8-11/h7-10H,3-6H2,1-2H3,(H,16,17). The van der Waals surface area contributed by atoms with Crippen molar-refractivity contribution < 1.29 is 4.79 Å². The lowest BCUT2D eigenvalue weighted by atomic mass is 10.1. The number of pyridine rings is 1. The highest BCUT2D eigenvalue weighted by molar-refractivity contribution is 9.10. The average Bonchev–Trinajstić information content (AvgIpc) is 2.28. The normalized spacial score (nSPS) is 10.6.